The first-order chi connectivity index (χ1) is 8.33. The molecule has 0 saturated heterocycles. The minimum Gasteiger partial charge on any atom is -0.480 e. The summed E-state index contributed by atoms with van der Waals surface area (Å²) in [5, 5.41) is 7.96. The number of aromatic nitrogens is 2. The zero-order chi connectivity index (χ0) is 12.1. The molecule has 2 aromatic rings. The molecule has 0 aliphatic rings. The monoisotopic (exact) mass is 234 g/mol. The van der Waals surface area contributed by atoms with Gasteiger partial charge in [-0.15, -0.1) is 5.10 Å². The summed E-state index contributed by atoms with van der Waals surface area (Å²) in [5.41, 5.74) is 4.51. The lowest BCUT2D eigenvalue weighted by atomic mass is 10.1. The van der Waals surface area contributed by atoms with E-state index < -0.39 is 0 Å². The van der Waals surface area contributed by atoms with Gasteiger partial charge in [-0.2, -0.15) is 5.10 Å². The zero-order valence-corrected chi connectivity index (χ0v) is 9.46. The van der Waals surface area contributed by atoms with Crippen molar-refractivity contribution in [3.63, 3.8) is 0 Å². The second-order valence-corrected chi connectivity index (χ2v) is 3.56. The third-order valence-electron chi connectivity index (χ3n) is 2.45. The molecule has 6 heteroatoms. The largest absolute Gasteiger partial charge is 0.480 e. The van der Waals surface area contributed by atoms with Crippen LogP contribution in [0.2, 0.25) is 0 Å². The standard InChI is InChI=1S/C11H14N4O2/c1-16-11-3-2-9(14-15-11)10(13-12)6-8-4-5-17-7-8/h2-5,7,10,13H,6,12H2,1H3. The molecular weight excluding hydrogens is 220 g/mol. The van der Waals surface area contributed by atoms with Crippen molar-refractivity contribution >= 4 is 0 Å². The molecule has 6 nitrogen and oxygen atoms in total. The second-order valence-electron chi connectivity index (χ2n) is 3.56. The summed E-state index contributed by atoms with van der Waals surface area (Å²) >= 11 is 0. The van der Waals surface area contributed by atoms with Crippen LogP contribution in [0.1, 0.15) is 17.3 Å². The fraction of sp³-hybridized carbons (Fsp3) is 0.273. The fourth-order valence-electron chi connectivity index (χ4n) is 1.52. The normalized spacial score (nSPS) is 12.4. The lowest BCUT2D eigenvalue weighted by molar-refractivity contribution is 0.389. The van der Waals surface area contributed by atoms with Gasteiger partial charge in [-0.1, -0.05) is 0 Å². The molecule has 0 fully saturated rings. The van der Waals surface area contributed by atoms with Crippen molar-refractivity contribution in [2.24, 2.45) is 5.84 Å². The Kier molecular flexibility index (Phi) is 3.69. The van der Waals surface area contributed by atoms with Crippen LogP contribution >= 0.6 is 0 Å². The summed E-state index contributed by atoms with van der Waals surface area (Å²) in [4.78, 5) is 0. The van der Waals surface area contributed by atoms with Gasteiger partial charge < -0.3 is 9.15 Å². The number of ether oxygens (including phenoxy) is 1. The number of hydrogen-bond donors (Lipinski definition) is 2. The smallest absolute Gasteiger partial charge is 0.233 e. The molecule has 3 N–H and O–H groups in total. The number of methoxy groups -OCH3 is 1. The molecule has 0 aliphatic heterocycles. The second kappa shape index (κ2) is 5.42. The molecule has 2 heterocycles. The van der Waals surface area contributed by atoms with Crippen LogP contribution in [0.3, 0.4) is 0 Å². The minimum atomic E-state index is -0.106. The van der Waals surface area contributed by atoms with E-state index in [1.54, 1.807) is 25.7 Å². The van der Waals surface area contributed by atoms with Crippen LogP contribution in [-0.2, 0) is 6.42 Å². The zero-order valence-electron chi connectivity index (χ0n) is 9.46. The number of nitrogens with zero attached hydrogens (tertiary/aromatic N) is 2. The van der Waals surface area contributed by atoms with E-state index in [1.165, 1.54) is 0 Å². The molecule has 17 heavy (non-hydrogen) atoms. The highest BCUT2D eigenvalue weighted by atomic mass is 16.5. The van der Waals surface area contributed by atoms with Crippen LogP contribution < -0.4 is 16.0 Å². The lowest BCUT2D eigenvalue weighted by Gasteiger charge is -2.13. The van der Waals surface area contributed by atoms with Crippen molar-refractivity contribution in [3.8, 4) is 5.88 Å². The molecule has 0 bridgehead atoms. The molecule has 0 aromatic carbocycles. The first-order valence-corrected chi connectivity index (χ1v) is 5.18. The Morgan fingerprint density at radius 3 is 2.82 bits per heavy atom. The van der Waals surface area contributed by atoms with E-state index in [1.807, 2.05) is 12.1 Å². The van der Waals surface area contributed by atoms with E-state index >= 15 is 0 Å². The van der Waals surface area contributed by atoms with Crippen molar-refractivity contribution in [2.75, 3.05) is 7.11 Å². The molecule has 0 amide bonds. The topological polar surface area (TPSA) is 86.2 Å². The number of nitrogens with two attached hydrogens (primary N) is 1. The highest BCUT2D eigenvalue weighted by Gasteiger charge is 2.13. The Hall–Kier alpha value is -1.92. The molecule has 0 spiro atoms. The van der Waals surface area contributed by atoms with Crippen LogP contribution in [-0.4, -0.2) is 17.3 Å². The van der Waals surface area contributed by atoms with Gasteiger partial charge in [-0.3, -0.25) is 11.3 Å². The highest BCUT2D eigenvalue weighted by molar-refractivity contribution is 5.17. The predicted molar refractivity (Wildman–Crippen MR) is 61.1 cm³/mol. The van der Waals surface area contributed by atoms with Gasteiger partial charge in [0, 0.05) is 6.07 Å². The van der Waals surface area contributed by atoms with Gasteiger partial charge in [0.25, 0.3) is 0 Å². The maximum absolute atomic E-state index is 5.51. The third-order valence-corrected chi connectivity index (χ3v) is 2.45. The van der Waals surface area contributed by atoms with E-state index in [0.29, 0.717) is 12.3 Å². The number of nitrogens with one attached hydrogen (secondary N) is 1. The fourth-order valence-corrected chi connectivity index (χ4v) is 1.52. The van der Waals surface area contributed by atoms with Gasteiger partial charge in [0.05, 0.1) is 31.4 Å². The molecule has 90 valence electrons. The van der Waals surface area contributed by atoms with E-state index in [2.05, 4.69) is 15.6 Å². The Bertz CT molecular complexity index is 441. The minimum absolute atomic E-state index is 0.106. The van der Waals surface area contributed by atoms with E-state index in [0.717, 1.165) is 11.3 Å². The molecule has 1 unspecified atom stereocenters. The van der Waals surface area contributed by atoms with Crippen molar-refractivity contribution in [1.82, 2.24) is 15.6 Å². The van der Waals surface area contributed by atoms with E-state index in [4.69, 9.17) is 15.0 Å². The van der Waals surface area contributed by atoms with Crippen molar-refractivity contribution < 1.29 is 9.15 Å². The SMILES string of the molecule is COc1ccc(C(Cc2ccoc2)NN)nn1. The maximum atomic E-state index is 5.51. The van der Waals surface area contributed by atoms with Crippen LogP contribution in [0.5, 0.6) is 5.88 Å². The van der Waals surface area contributed by atoms with Crippen LogP contribution in [0.25, 0.3) is 0 Å². The number of rotatable bonds is 5. The number of hydrazine groups is 1. The van der Waals surface area contributed by atoms with Crippen LogP contribution in [0.4, 0.5) is 0 Å². The van der Waals surface area contributed by atoms with E-state index in [9.17, 15) is 0 Å². The Labute approximate surface area is 98.8 Å². The third kappa shape index (κ3) is 2.80. The van der Waals surface area contributed by atoms with Gasteiger partial charge >= 0.3 is 0 Å². The summed E-state index contributed by atoms with van der Waals surface area (Å²) in [6.07, 6.45) is 4.00. The van der Waals surface area contributed by atoms with Gasteiger partial charge in [0.2, 0.25) is 5.88 Å². The van der Waals surface area contributed by atoms with Crippen LogP contribution in [0, 0.1) is 0 Å². The summed E-state index contributed by atoms with van der Waals surface area (Å²) in [6.45, 7) is 0. The van der Waals surface area contributed by atoms with Gasteiger partial charge in [0.1, 0.15) is 0 Å². The molecular formula is C11H14N4O2. The quantitative estimate of drug-likeness (QED) is 0.588. The molecule has 1 atom stereocenters. The number of furan rings is 1. The Morgan fingerprint density at radius 2 is 2.29 bits per heavy atom. The summed E-state index contributed by atoms with van der Waals surface area (Å²) in [6, 6.07) is 5.37. The highest BCUT2D eigenvalue weighted by Crippen LogP contribution is 2.16. The van der Waals surface area contributed by atoms with Gasteiger partial charge in [-0.05, 0) is 24.1 Å². The summed E-state index contributed by atoms with van der Waals surface area (Å²) in [5.74, 6) is 5.99. The van der Waals surface area contributed by atoms with Gasteiger partial charge in [-0.25, -0.2) is 0 Å². The molecule has 2 aromatic heterocycles. The maximum Gasteiger partial charge on any atom is 0.233 e. The lowest BCUT2D eigenvalue weighted by Crippen LogP contribution is -2.30. The van der Waals surface area contributed by atoms with E-state index in [-0.39, 0.29) is 6.04 Å². The molecule has 0 aliphatic carbocycles. The Balaban J connectivity index is 2.11. The average molecular weight is 234 g/mol. The Morgan fingerprint density at radius 1 is 1.41 bits per heavy atom. The first kappa shape index (κ1) is 11.6. The molecule has 0 saturated carbocycles. The van der Waals surface area contributed by atoms with Crippen molar-refractivity contribution in [1.29, 1.82) is 0 Å². The number of hydrogen-bond acceptors (Lipinski definition) is 6. The molecule has 2 rings (SSSR count). The average Bonchev–Trinajstić information content (AvgIpc) is 2.89. The summed E-state index contributed by atoms with van der Waals surface area (Å²) in [7, 11) is 1.55. The first-order valence-electron chi connectivity index (χ1n) is 5.18. The van der Waals surface area contributed by atoms with Gasteiger partial charge in [0.15, 0.2) is 0 Å². The van der Waals surface area contributed by atoms with Crippen LogP contribution in [0.15, 0.2) is 35.1 Å². The predicted octanol–water partition coefficient (Wildman–Crippen LogP) is 0.825. The van der Waals surface area contributed by atoms with Crippen molar-refractivity contribution in [2.45, 2.75) is 12.5 Å². The summed E-state index contributed by atoms with van der Waals surface area (Å²) < 4.78 is 9.96. The van der Waals surface area contributed by atoms with Crippen molar-refractivity contribution in [3.05, 3.63) is 42.0 Å². The molecule has 0 radical (unpaired) electrons.